The van der Waals surface area contributed by atoms with E-state index in [9.17, 15) is 0 Å². The molecular weight excluding hydrogens is 160 g/mol. The number of nitrogens with zero attached hydrogens (tertiary/aromatic N) is 1. The van der Waals surface area contributed by atoms with E-state index in [1.54, 1.807) is 0 Å². The molecule has 0 saturated carbocycles. The first-order valence-corrected chi connectivity index (χ1v) is 4.91. The third-order valence-electron chi connectivity index (χ3n) is 2.16. The minimum absolute atomic E-state index is 0.535. The fourth-order valence-corrected chi connectivity index (χ4v) is 1.39. The predicted octanol–water partition coefficient (Wildman–Crippen LogP) is 2.99. The third kappa shape index (κ3) is 3.05. The van der Waals surface area contributed by atoms with Gasteiger partial charge in [-0.25, -0.2) is 0 Å². The fourth-order valence-electron chi connectivity index (χ4n) is 1.39. The molecule has 0 aliphatic heterocycles. The van der Waals surface area contributed by atoms with Gasteiger partial charge in [-0.3, -0.25) is 4.98 Å². The van der Waals surface area contributed by atoms with Crippen LogP contribution in [0.2, 0.25) is 0 Å². The Balaban J connectivity index is 2.58. The summed E-state index contributed by atoms with van der Waals surface area (Å²) in [6.45, 7) is 6.51. The quantitative estimate of drug-likeness (QED) is 0.766. The van der Waals surface area contributed by atoms with Gasteiger partial charge in [-0.1, -0.05) is 13.3 Å². The Labute approximate surface area is 80.4 Å². The van der Waals surface area contributed by atoms with E-state index in [1.165, 1.54) is 18.4 Å². The molecule has 0 unspecified atom stereocenters. The standard InChI is InChI=1S/C11H18N2/c1-4-5-10(3)13-11-8-12-7-6-9(11)2/h6-8,10,13H,4-5H2,1-3H3/t10-/m1/s1. The molecule has 1 heterocycles. The summed E-state index contributed by atoms with van der Waals surface area (Å²) in [6.07, 6.45) is 6.13. The number of hydrogen-bond donors (Lipinski definition) is 1. The van der Waals surface area contributed by atoms with E-state index in [2.05, 4.69) is 31.1 Å². The zero-order valence-electron chi connectivity index (χ0n) is 8.67. The lowest BCUT2D eigenvalue weighted by atomic mass is 10.1. The topological polar surface area (TPSA) is 24.9 Å². The summed E-state index contributed by atoms with van der Waals surface area (Å²) in [7, 11) is 0. The van der Waals surface area contributed by atoms with Crippen molar-refractivity contribution in [1.82, 2.24) is 4.98 Å². The maximum atomic E-state index is 4.10. The summed E-state index contributed by atoms with van der Waals surface area (Å²) in [4.78, 5) is 4.10. The van der Waals surface area contributed by atoms with Gasteiger partial charge in [0.25, 0.3) is 0 Å². The molecule has 1 atom stereocenters. The van der Waals surface area contributed by atoms with E-state index < -0.39 is 0 Å². The van der Waals surface area contributed by atoms with Crippen molar-refractivity contribution in [3.63, 3.8) is 0 Å². The lowest BCUT2D eigenvalue weighted by molar-refractivity contribution is 0.689. The zero-order chi connectivity index (χ0) is 9.68. The van der Waals surface area contributed by atoms with Crippen LogP contribution in [0.3, 0.4) is 0 Å². The summed E-state index contributed by atoms with van der Waals surface area (Å²) in [5.74, 6) is 0. The minimum atomic E-state index is 0.535. The van der Waals surface area contributed by atoms with E-state index in [1.807, 2.05) is 18.5 Å². The van der Waals surface area contributed by atoms with Crippen LogP contribution in [0.4, 0.5) is 5.69 Å². The summed E-state index contributed by atoms with van der Waals surface area (Å²) < 4.78 is 0. The van der Waals surface area contributed by atoms with Crippen LogP contribution in [-0.2, 0) is 0 Å². The molecule has 0 aromatic carbocycles. The van der Waals surface area contributed by atoms with Crippen LogP contribution in [0.15, 0.2) is 18.5 Å². The van der Waals surface area contributed by atoms with Crippen molar-refractivity contribution in [2.75, 3.05) is 5.32 Å². The molecule has 0 aliphatic carbocycles. The Kier molecular flexibility index (Phi) is 3.74. The van der Waals surface area contributed by atoms with Crippen molar-refractivity contribution >= 4 is 5.69 Å². The molecule has 1 aromatic rings. The maximum absolute atomic E-state index is 4.10. The average molecular weight is 178 g/mol. The van der Waals surface area contributed by atoms with Crippen LogP contribution in [0.5, 0.6) is 0 Å². The first-order valence-electron chi connectivity index (χ1n) is 4.91. The van der Waals surface area contributed by atoms with Gasteiger partial charge >= 0.3 is 0 Å². The molecule has 0 bridgehead atoms. The molecule has 0 amide bonds. The van der Waals surface area contributed by atoms with Crippen molar-refractivity contribution in [2.45, 2.75) is 39.7 Å². The van der Waals surface area contributed by atoms with E-state index in [4.69, 9.17) is 0 Å². The molecule has 72 valence electrons. The lowest BCUT2D eigenvalue weighted by Crippen LogP contribution is -2.15. The number of aryl methyl sites for hydroxylation is 1. The molecular formula is C11H18N2. The molecule has 0 fully saturated rings. The van der Waals surface area contributed by atoms with Gasteiger partial charge < -0.3 is 5.32 Å². The molecule has 13 heavy (non-hydrogen) atoms. The fraction of sp³-hybridized carbons (Fsp3) is 0.545. The zero-order valence-corrected chi connectivity index (χ0v) is 8.67. The number of rotatable bonds is 4. The van der Waals surface area contributed by atoms with Crippen LogP contribution in [-0.4, -0.2) is 11.0 Å². The lowest BCUT2D eigenvalue weighted by Gasteiger charge is -2.15. The van der Waals surface area contributed by atoms with Gasteiger partial charge in [-0.05, 0) is 31.9 Å². The minimum Gasteiger partial charge on any atom is -0.381 e. The molecule has 0 saturated heterocycles. The van der Waals surface area contributed by atoms with Crippen molar-refractivity contribution < 1.29 is 0 Å². The number of anilines is 1. The van der Waals surface area contributed by atoms with Gasteiger partial charge in [-0.2, -0.15) is 0 Å². The molecule has 0 spiro atoms. The highest BCUT2D eigenvalue weighted by molar-refractivity contribution is 5.48. The number of hydrogen-bond acceptors (Lipinski definition) is 2. The Bertz CT molecular complexity index is 258. The summed E-state index contributed by atoms with van der Waals surface area (Å²) in [5.41, 5.74) is 2.42. The summed E-state index contributed by atoms with van der Waals surface area (Å²) >= 11 is 0. The van der Waals surface area contributed by atoms with E-state index in [0.717, 1.165) is 5.69 Å². The van der Waals surface area contributed by atoms with E-state index in [0.29, 0.717) is 6.04 Å². The first-order chi connectivity index (χ1) is 6.24. The van der Waals surface area contributed by atoms with Gasteiger partial charge in [0, 0.05) is 12.2 Å². The highest BCUT2D eigenvalue weighted by Gasteiger charge is 2.01. The van der Waals surface area contributed by atoms with Crippen molar-refractivity contribution in [3.8, 4) is 0 Å². The van der Waals surface area contributed by atoms with Crippen LogP contribution in [0.25, 0.3) is 0 Å². The van der Waals surface area contributed by atoms with Gasteiger partial charge in [0.2, 0.25) is 0 Å². The van der Waals surface area contributed by atoms with Crippen LogP contribution >= 0.6 is 0 Å². The Morgan fingerprint density at radius 1 is 1.54 bits per heavy atom. The second kappa shape index (κ2) is 4.85. The predicted molar refractivity (Wildman–Crippen MR) is 57.0 cm³/mol. The van der Waals surface area contributed by atoms with Gasteiger partial charge in [0.05, 0.1) is 11.9 Å². The van der Waals surface area contributed by atoms with Crippen molar-refractivity contribution in [1.29, 1.82) is 0 Å². The molecule has 2 heteroatoms. The smallest absolute Gasteiger partial charge is 0.0558 e. The Morgan fingerprint density at radius 2 is 2.31 bits per heavy atom. The monoisotopic (exact) mass is 178 g/mol. The first kappa shape index (κ1) is 10.0. The van der Waals surface area contributed by atoms with Crippen LogP contribution in [0, 0.1) is 6.92 Å². The normalized spacial score (nSPS) is 12.5. The molecule has 2 nitrogen and oxygen atoms in total. The van der Waals surface area contributed by atoms with Crippen LogP contribution in [0.1, 0.15) is 32.3 Å². The van der Waals surface area contributed by atoms with Gasteiger partial charge in [0.15, 0.2) is 0 Å². The van der Waals surface area contributed by atoms with Gasteiger partial charge in [0.1, 0.15) is 0 Å². The molecule has 0 aliphatic rings. The van der Waals surface area contributed by atoms with Crippen molar-refractivity contribution in [2.24, 2.45) is 0 Å². The summed E-state index contributed by atoms with van der Waals surface area (Å²) in [5, 5.41) is 3.45. The highest BCUT2D eigenvalue weighted by Crippen LogP contribution is 2.13. The molecule has 0 radical (unpaired) electrons. The third-order valence-corrected chi connectivity index (χ3v) is 2.16. The Hall–Kier alpha value is -1.05. The van der Waals surface area contributed by atoms with Crippen LogP contribution < -0.4 is 5.32 Å². The van der Waals surface area contributed by atoms with Gasteiger partial charge in [-0.15, -0.1) is 0 Å². The highest BCUT2D eigenvalue weighted by atomic mass is 14.9. The molecule has 1 rings (SSSR count). The van der Waals surface area contributed by atoms with E-state index >= 15 is 0 Å². The summed E-state index contributed by atoms with van der Waals surface area (Å²) in [6, 6.07) is 2.56. The molecule has 1 aromatic heterocycles. The number of aromatic nitrogens is 1. The number of pyridine rings is 1. The second-order valence-corrected chi connectivity index (χ2v) is 3.52. The Morgan fingerprint density at radius 3 is 2.92 bits per heavy atom. The van der Waals surface area contributed by atoms with Crippen molar-refractivity contribution in [3.05, 3.63) is 24.0 Å². The average Bonchev–Trinajstić information content (AvgIpc) is 2.09. The van der Waals surface area contributed by atoms with E-state index in [-0.39, 0.29) is 0 Å². The maximum Gasteiger partial charge on any atom is 0.0558 e. The SMILES string of the molecule is CCC[C@@H](C)Nc1cnccc1C. The second-order valence-electron chi connectivity index (χ2n) is 3.52. The largest absolute Gasteiger partial charge is 0.381 e. The number of nitrogens with one attached hydrogen (secondary N) is 1. The molecule has 1 N–H and O–H groups in total.